The number of H-pyrrole nitrogens is 2. The van der Waals surface area contributed by atoms with E-state index in [4.69, 9.17) is 0 Å². The van der Waals surface area contributed by atoms with Crippen molar-refractivity contribution in [3.63, 3.8) is 0 Å². The fourth-order valence-electron chi connectivity index (χ4n) is 2.64. The van der Waals surface area contributed by atoms with E-state index in [0.29, 0.717) is 6.54 Å². The molecular weight excluding hydrogens is 304 g/mol. The van der Waals surface area contributed by atoms with E-state index < -0.39 is 0 Å². The van der Waals surface area contributed by atoms with Crippen LogP contribution in [-0.4, -0.2) is 29.9 Å². The molecule has 7 nitrogen and oxygen atoms in total. The Morgan fingerprint density at radius 2 is 1.88 bits per heavy atom. The topological polar surface area (TPSA) is 92.2 Å². The fraction of sp³-hybridized carbons (Fsp3) is 0.176. The summed E-state index contributed by atoms with van der Waals surface area (Å²) in [5.74, 6) is 0. The third-order valence-electron chi connectivity index (χ3n) is 3.96. The van der Waals surface area contributed by atoms with Crippen LogP contribution in [0.2, 0.25) is 0 Å². The Balaban J connectivity index is 1.58. The molecule has 0 aliphatic heterocycles. The molecule has 24 heavy (non-hydrogen) atoms. The highest BCUT2D eigenvalue weighted by molar-refractivity contribution is 5.75. The van der Waals surface area contributed by atoms with Gasteiger partial charge in [0, 0.05) is 6.20 Å². The number of rotatable bonds is 4. The first kappa shape index (κ1) is 14.4. The standard InChI is InChI=1S/C17H16N6O/c1-2-11-3-5-13(18-8-11)16-10-23(22-21-16)9-12-4-6-14-15(7-12)20-17(24)19-14/h3-8,10H,2,9H2,1H3,(H2,19,20,24). The maximum Gasteiger partial charge on any atom is 0.323 e. The largest absolute Gasteiger partial charge is 0.323 e. The minimum atomic E-state index is -0.202. The van der Waals surface area contributed by atoms with E-state index in [1.165, 1.54) is 5.56 Å². The van der Waals surface area contributed by atoms with Crippen molar-refractivity contribution < 1.29 is 0 Å². The van der Waals surface area contributed by atoms with Gasteiger partial charge >= 0.3 is 5.69 Å². The maximum absolute atomic E-state index is 11.3. The molecule has 4 aromatic rings. The molecule has 0 radical (unpaired) electrons. The van der Waals surface area contributed by atoms with Crippen molar-refractivity contribution in [2.45, 2.75) is 19.9 Å². The van der Waals surface area contributed by atoms with Gasteiger partial charge in [-0.15, -0.1) is 5.10 Å². The van der Waals surface area contributed by atoms with Crippen LogP contribution in [0.5, 0.6) is 0 Å². The third-order valence-corrected chi connectivity index (χ3v) is 3.96. The molecule has 0 amide bonds. The Hall–Kier alpha value is -3.22. The zero-order valence-electron chi connectivity index (χ0n) is 13.2. The average Bonchev–Trinajstić information content (AvgIpc) is 3.20. The van der Waals surface area contributed by atoms with E-state index in [-0.39, 0.29) is 5.69 Å². The second-order valence-corrected chi connectivity index (χ2v) is 5.67. The van der Waals surface area contributed by atoms with E-state index in [2.05, 4.69) is 38.3 Å². The number of aromatic amines is 2. The first-order chi connectivity index (χ1) is 11.7. The van der Waals surface area contributed by atoms with Crippen LogP contribution in [-0.2, 0) is 13.0 Å². The van der Waals surface area contributed by atoms with Gasteiger partial charge in [-0.1, -0.05) is 24.3 Å². The van der Waals surface area contributed by atoms with Crippen molar-refractivity contribution >= 4 is 11.0 Å². The molecule has 0 aliphatic carbocycles. The van der Waals surface area contributed by atoms with Gasteiger partial charge in [-0.2, -0.15) is 0 Å². The van der Waals surface area contributed by atoms with Crippen molar-refractivity contribution in [3.8, 4) is 11.4 Å². The number of imidazole rings is 1. The zero-order chi connectivity index (χ0) is 16.5. The number of nitrogens with one attached hydrogen (secondary N) is 2. The molecule has 0 saturated carbocycles. The summed E-state index contributed by atoms with van der Waals surface area (Å²) < 4.78 is 1.76. The SMILES string of the molecule is CCc1ccc(-c2cn(Cc3ccc4[nH]c(=O)[nH]c4c3)nn2)nc1. The van der Waals surface area contributed by atoms with Crippen LogP contribution in [0.15, 0.2) is 47.5 Å². The molecule has 0 unspecified atom stereocenters. The van der Waals surface area contributed by atoms with Crippen LogP contribution in [0.3, 0.4) is 0 Å². The smallest absolute Gasteiger partial charge is 0.306 e. The summed E-state index contributed by atoms with van der Waals surface area (Å²) in [5, 5.41) is 8.35. The highest BCUT2D eigenvalue weighted by atomic mass is 16.1. The minimum absolute atomic E-state index is 0.202. The first-order valence-corrected chi connectivity index (χ1v) is 7.77. The molecule has 1 aromatic carbocycles. The molecule has 120 valence electrons. The van der Waals surface area contributed by atoms with Crippen molar-refractivity contribution in [2.75, 3.05) is 0 Å². The maximum atomic E-state index is 11.3. The van der Waals surface area contributed by atoms with Gasteiger partial charge in [0.25, 0.3) is 0 Å². The molecule has 0 fully saturated rings. The summed E-state index contributed by atoms with van der Waals surface area (Å²) in [7, 11) is 0. The number of fused-ring (bicyclic) bond motifs is 1. The summed E-state index contributed by atoms with van der Waals surface area (Å²) in [6, 6.07) is 9.79. The second kappa shape index (κ2) is 5.77. The zero-order valence-corrected chi connectivity index (χ0v) is 13.2. The van der Waals surface area contributed by atoms with Gasteiger partial charge in [0.15, 0.2) is 0 Å². The number of nitrogens with zero attached hydrogens (tertiary/aromatic N) is 4. The van der Waals surface area contributed by atoms with E-state index in [1.807, 2.05) is 36.7 Å². The quantitative estimate of drug-likeness (QED) is 0.602. The molecule has 4 rings (SSSR count). The van der Waals surface area contributed by atoms with Gasteiger partial charge in [0.05, 0.1) is 29.5 Å². The van der Waals surface area contributed by atoms with Crippen LogP contribution in [0, 0.1) is 0 Å². The van der Waals surface area contributed by atoms with Crippen LogP contribution in [0.25, 0.3) is 22.4 Å². The molecule has 0 bridgehead atoms. The van der Waals surface area contributed by atoms with Crippen molar-refractivity contribution in [1.29, 1.82) is 0 Å². The monoisotopic (exact) mass is 320 g/mol. The minimum Gasteiger partial charge on any atom is -0.306 e. The van der Waals surface area contributed by atoms with Gasteiger partial charge in [-0.05, 0) is 35.7 Å². The molecular formula is C17H16N6O. The number of pyridine rings is 1. The van der Waals surface area contributed by atoms with Gasteiger partial charge in [0.1, 0.15) is 5.69 Å². The summed E-state index contributed by atoms with van der Waals surface area (Å²) in [6.45, 7) is 2.67. The summed E-state index contributed by atoms with van der Waals surface area (Å²) in [4.78, 5) is 21.2. The molecule has 3 aromatic heterocycles. The molecule has 0 saturated heterocycles. The van der Waals surface area contributed by atoms with Crippen LogP contribution < -0.4 is 5.69 Å². The molecule has 3 heterocycles. The van der Waals surface area contributed by atoms with Crippen LogP contribution in [0.4, 0.5) is 0 Å². The number of aromatic nitrogens is 6. The normalized spacial score (nSPS) is 11.2. The molecule has 2 N–H and O–H groups in total. The predicted molar refractivity (Wildman–Crippen MR) is 90.7 cm³/mol. The molecule has 0 atom stereocenters. The van der Waals surface area contributed by atoms with Gasteiger partial charge in [-0.25, -0.2) is 9.48 Å². The Labute approximate surface area is 137 Å². The summed E-state index contributed by atoms with van der Waals surface area (Å²) >= 11 is 0. The summed E-state index contributed by atoms with van der Waals surface area (Å²) in [5.41, 5.74) is 5.16. The van der Waals surface area contributed by atoms with Gasteiger partial charge < -0.3 is 9.97 Å². The Morgan fingerprint density at radius 3 is 2.67 bits per heavy atom. The predicted octanol–water partition coefficient (Wildman–Crippen LogP) is 2.12. The molecule has 0 spiro atoms. The number of aryl methyl sites for hydroxylation is 1. The lowest BCUT2D eigenvalue weighted by atomic mass is 10.2. The van der Waals surface area contributed by atoms with E-state index in [1.54, 1.807) is 4.68 Å². The van der Waals surface area contributed by atoms with E-state index in [0.717, 1.165) is 34.4 Å². The molecule has 7 heteroatoms. The average molecular weight is 320 g/mol. The number of hydrogen-bond acceptors (Lipinski definition) is 4. The fourth-order valence-corrected chi connectivity index (χ4v) is 2.64. The highest BCUT2D eigenvalue weighted by Gasteiger charge is 2.07. The van der Waals surface area contributed by atoms with E-state index >= 15 is 0 Å². The van der Waals surface area contributed by atoms with Crippen LogP contribution >= 0.6 is 0 Å². The Kier molecular flexibility index (Phi) is 3.45. The first-order valence-electron chi connectivity index (χ1n) is 7.77. The molecule has 0 aliphatic rings. The van der Waals surface area contributed by atoms with Crippen molar-refractivity contribution in [2.24, 2.45) is 0 Å². The van der Waals surface area contributed by atoms with Gasteiger partial charge in [0.2, 0.25) is 0 Å². The lowest BCUT2D eigenvalue weighted by Crippen LogP contribution is -2.00. The van der Waals surface area contributed by atoms with Crippen molar-refractivity contribution in [1.82, 2.24) is 29.9 Å². The third kappa shape index (κ3) is 2.71. The number of hydrogen-bond donors (Lipinski definition) is 2. The Bertz CT molecular complexity index is 1040. The lowest BCUT2D eigenvalue weighted by Gasteiger charge is -2.01. The summed E-state index contributed by atoms with van der Waals surface area (Å²) in [6.07, 6.45) is 4.70. The van der Waals surface area contributed by atoms with Crippen molar-refractivity contribution in [3.05, 3.63) is 64.3 Å². The van der Waals surface area contributed by atoms with E-state index in [9.17, 15) is 4.79 Å². The second-order valence-electron chi connectivity index (χ2n) is 5.67. The van der Waals surface area contributed by atoms with Crippen LogP contribution in [0.1, 0.15) is 18.1 Å². The number of benzene rings is 1. The Morgan fingerprint density at radius 1 is 1.04 bits per heavy atom. The lowest BCUT2D eigenvalue weighted by molar-refractivity contribution is 0.650. The highest BCUT2D eigenvalue weighted by Crippen LogP contribution is 2.15. The van der Waals surface area contributed by atoms with Gasteiger partial charge in [-0.3, -0.25) is 4.98 Å².